The van der Waals surface area contributed by atoms with Crippen LogP contribution in [0.2, 0.25) is 0 Å². The summed E-state index contributed by atoms with van der Waals surface area (Å²) in [6, 6.07) is 19.7. The molecule has 1 aliphatic rings. The lowest BCUT2D eigenvalue weighted by molar-refractivity contribution is 0.0783. The van der Waals surface area contributed by atoms with Gasteiger partial charge in [0.15, 0.2) is 11.5 Å². The van der Waals surface area contributed by atoms with Crippen LogP contribution in [0.4, 0.5) is 5.69 Å². The number of likely N-dealkylation sites (N-methyl/N-ethyl adjacent to an activating group) is 1. The predicted molar refractivity (Wildman–Crippen MR) is 152 cm³/mol. The highest BCUT2D eigenvalue weighted by Gasteiger charge is 2.28. The second kappa shape index (κ2) is 9.52. The van der Waals surface area contributed by atoms with Crippen LogP contribution in [0.25, 0.3) is 33.3 Å². The van der Waals surface area contributed by atoms with E-state index >= 15 is 0 Å². The van der Waals surface area contributed by atoms with E-state index < -0.39 is 5.56 Å². The number of hydrogen-bond donors (Lipinski definition) is 3. The average Bonchev–Trinajstić information content (AvgIpc) is 3.57. The third-order valence-corrected chi connectivity index (χ3v) is 7.49. The maximum atomic E-state index is 13.2. The number of ketones is 1. The van der Waals surface area contributed by atoms with Gasteiger partial charge in [-0.3, -0.25) is 14.4 Å². The summed E-state index contributed by atoms with van der Waals surface area (Å²) < 4.78 is 0. The number of fused-ring (bicyclic) bond motifs is 2. The van der Waals surface area contributed by atoms with Gasteiger partial charge in [-0.05, 0) is 56.9 Å². The third-order valence-electron chi connectivity index (χ3n) is 7.49. The molecule has 0 saturated carbocycles. The molecule has 5 aromatic rings. The lowest BCUT2D eigenvalue weighted by Crippen LogP contribution is -2.34. The van der Waals surface area contributed by atoms with Gasteiger partial charge in [-0.1, -0.05) is 30.3 Å². The van der Waals surface area contributed by atoms with E-state index in [-0.39, 0.29) is 17.4 Å². The van der Waals surface area contributed by atoms with Gasteiger partial charge in [-0.2, -0.15) is 0 Å². The summed E-state index contributed by atoms with van der Waals surface area (Å²) in [5, 5.41) is 0.657. The van der Waals surface area contributed by atoms with Crippen LogP contribution in [0.15, 0.2) is 71.5 Å². The van der Waals surface area contributed by atoms with Crippen molar-refractivity contribution in [3.05, 3.63) is 93.8 Å². The van der Waals surface area contributed by atoms with Crippen LogP contribution >= 0.6 is 0 Å². The number of amides is 1. The van der Waals surface area contributed by atoms with E-state index in [2.05, 4.69) is 19.9 Å². The van der Waals surface area contributed by atoms with Crippen LogP contribution in [0.1, 0.15) is 32.7 Å². The molecule has 6 rings (SSSR count). The summed E-state index contributed by atoms with van der Waals surface area (Å²) >= 11 is 0. The summed E-state index contributed by atoms with van der Waals surface area (Å²) in [4.78, 5) is 53.8. The lowest BCUT2D eigenvalue weighted by atomic mass is 10.0. The summed E-state index contributed by atoms with van der Waals surface area (Å²) in [6.45, 7) is 1.40. The fraction of sp³-hybridized carbons (Fsp3) is 0.200. The molecular formula is C30H28N6O3. The molecule has 1 aliphatic heterocycles. The molecule has 3 heterocycles. The Labute approximate surface area is 224 Å². The molecular weight excluding hydrogens is 492 g/mol. The van der Waals surface area contributed by atoms with Crippen molar-refractivity contribution in [2.24, 2.45) is 0 Å². The molecule has 2 aromatic heterocycles. The molecule has 1 atom stereocenters. The standard InChI is InChI=1S/C30H28N6O3/c1-35(2)20-12-13-36(16-20)30(39)19-9-10-22-21(14-19)25(31)26(32-22)27-29(38)34-24-15-18(8-11-23(24)33-27)28(37)17-6-4-3-5-7-17/h3-11,14-15,20,32H,12-13,16,31H2,1-2H3,(H,34,38)/t20-/m0/s1. The highest BCUT2D eigenvalue weighted by Crippen LogP contribution is 2.32. The maximum absolute atomic E-state index is 13.2. The summed E-state index contributed by atoms with van der Waals surface area (Å²) in [7, 11) is 4.05. The van der Waals surface area contributed by atoms with E-state index in [1.807, 2.05) is 25.1 Å². The van der Waals surface area contributed by atoms with Crippen LogP contribution in [0.3, 0.4) is 0 Å². The molecule has 1 saturated heterocycles. The van der Waals surface area contributed by atoms with Crippen LogP contribution in [-0.4, -0.2) is 69.7 Å². The van der Waals surface area contributed by atoms with Crippen molar-refractivity contribution in [2.75, 3.05) is 32.9 Å². The van der Waals surface area contributed by atoms with E-state index in [1.54, 1.807) is 60.7 Å². The molecule has 0 unspecified atom stereocenters. The number of nitrogen functional groups attached to an aromatic ring is 1. The minimum Gasteiger partial charge on any atom is -0.396 e. The predicted octanol–water partition coefficient (Wildman–Crippen LogP) is 3.66. The molecule has 0 aliphatic carbocycles. The van der Waals surface area contributed by atoms with Crippen molar-refractivity contribution in [3.8, 4) is 11.4 Å². The van der Waals surface area contributed by atoms with Gasteiger partial charge in [0.1, 0.15) is 0 Å². The molecule has 39 heavy (non-hydrogen) atoms. The van der Waals surface area contributed by atoms with Crippen molar-refractivity contribution in [1.29, 1.82) is 0 Å². The number of nitrogens with two attached hydrogens (primary N) is 1. The molecule has 0 radical (unpaired) electrons. The van der Waals surface area contributed by atoms with Crippen LogP contribution in [0.5, 0.6) is 0 Å². The van der Waals surface area contributed by atoms with Gasteiger partial charge in [0.05, 0.1) is 22.4 Å². The molecule has 1 amide bonds. The smallest absolute Gasteiger partial charge is 0.276 e. The van der Waals surface area contributed by atoms with Gasteiger partial charge in [0.25, 0.3) is 11.5 Å². The molecule has 9 heteroatoms. The molecule has 4 N–H and O–H groups in total. The Kier molecular flexibility index (Phi) is 6.00. The fourth-order valence-corrected chi connectivity index (χ4v) is 5.22. The van der Waals surface area contributed by atoms with Gasteiger partial charge in [-0.25, -0.2) is 4.98 Å². The molecule has 3 aromatic carbocycles. The second-order valence-electron chi connectivity index (χ2n) is 10.2. The maximum Gasteiger partial charge on any atom is 0.276 e. The molecule has 0 spiro atoms. The number of benzene rings is 3. The van der Waals surface area contributed by atoms with Crippen molar-refractivity contribution < 1.29 is 9.59 Å². The number of aromatic nitrogens is 3. The quantitative estimate of drug-likeness (QED) is 0.304. The van der Waals surface area contributed by atoms with E-state index in [0.717, 1.165) is 6.42 Å². The van der Waals surface area contributed by atoms with Crippen LogP contribution in [-0.2, 0) is 0 Å². The zero-order valence-corrected chi connectivity index (χ0v) is 21.7. The number of carbonyl (C=O) groups excluding carboxylic acids is 2. The average molecular weight is 521 g/mol. The molecule has 0 bridgehead atoms. The topological polar surface area (TPSA) is 128 Å². The van der Waals surface area contributed by atoms with Crippen LogP contribution < -0.4 is 11.3 Å². The Balaban J connectivity index is 1.33. The molecule has 1 fully saturated rings. The largest absolute Gasteiger partial charge is 0.396 e. The SMILES string of the molecule is CN(C)[C@H]1CCN(C(=O)c2ccc3[nH]c(-c4nc5ccc(C(=O)c6ccccc6)cc5[nH]c4=O)c(N)c3c2)C1. The lowest BCUT2D eigenvalue weighted by Gasteiger charge is -2.20. The number of aromatic amines is 2. The minimum atomic E-state index is -0.437. The highest BCUT2D eigenvalue weighted by molar-refractivity contribution is 6.10. The Hall–Kier alpha value is -4.76. The first-order chi connectivity index (χ1) is 18.8. The zero-order valence-electron chi connectivity index (χ0n) is 21.7. The number of carbonyl (C=O) groups is 2. The van der Waals surface area contributed by atoms with Gasteiger partial charge in [0, 0.05) is 46.7 Å². The van der Waals surface area contributed by atoms with E-state index in [9.17, 15) is 14.4 Å². The first-order valence-corrected chi connectivity index (χ1v) is 12.8. The number of rotatable bonds is 5. The number of anilines is 1. The van der Waals surface area contributed by atoms with E-state index in [4.69, 9.17) is 5.73 Å². The summed E-state index contributed by atoms with van der Waals surface area (Å²) in [5.74, 6) is -0.176. The number of H-pyrrole nitrogens is 2. The molecule has 196 valence electrons. The monoisotopic (exact) mass is 520 g/mol. The number of likely N-dealkylation sites (tertiary alicyclic amines) is 1. The van der Waals surface area contributed by atoms with Gasteiger partial charge < -0.3 is 25.5 Å². The van der Waals surface area contributed by atoms with Gasteiger partial charge in [-0.15, -0.1) is 0 Å². The number of nitrogens with zero attached hydrogens (tertiary/aromatic N) is 3. The van der Waals surface area contributed by atoms with Crippen molar-refractivity contribution in [1.82, 2.24) is 24.8 Å². The Morgan fingerprint density at radius 3 is 2.46 bits per heavy atom. The fourth-order valence-electron chi connectivity index (χ4n) is 5.22. The summed E-state index contributed by atoms with van der Waals surface area (Å²) in [5.41, 5.74) is 10.2. The summed E-state index contributed by atoms with van der Waals surface area (Å²) in [6.07, 6.45) is 0.940. The zero-order chi connectivity index (χ0) is 27.3. The molecule has 9 nitrogen and oxygen atoms in total. The van der Waals surface area contributed by atoms with Gasteiger partial charge in [0.2, 0.25) is 0 Å². The highest BCUT2D eigenvalue weighted by atomic mass is 16.2. The minimum absolute atomic E-state index is 0.0362. The number of hydrogen-bond acceptors (Lipinski definition) is 6. The normalized spacial score (nSPS) is 15.5. The Bertz CT molecular complexity index is 1800. The van der Waals surface area contributed by atoms with Crippen molar-refractivity contribution in [3.63, 3.8) is 0 Å². The van der Waals surface area contributed by atoms with Crippen molar-refractivity contribution >= 4 is 39.3 Å². The number of nitrogens with one attached hydrogen (secondary N) is 2. The van der Waals surface area contributed by atoms with Gasteiger partial charge >= 0.3 is 0 Å². The Morgan fingerprint density at radius 1 is 0.949 bits per heavy atom. The van der Waals surface area contributed by atoms with E-state index in [1.165, 1.54) is 0 Å². The first-order valence-electron chi connectivity index (χ1n) is 12.8. The third kappa shape index (κ3) is 4.36. The van der Waals surface area contributed by atoms with Crippen LogP contribution in [0, 0.1) is 0 Å². The van der Waals surface area contributed by atoms with Crippen molar-refractivity contribution in [2.45, 2.75) is 12.5 Å². The van der Waals surface area contributed by atoms with E-state index in [0.29, 0.717) is 69.1 Å². The first kappa shape index (κ1) is 24.6. The second-order valence-corrected chi connectivity index (χ2v) is 10.2. The Morgan fingerprint density at radius 2 is 1.72 bits per heavy atom.